The lowest BCUT2D eigenvalue weighted by atomic mass is 10.2. The molecule has 1 aromatic carbocycles. The molecule has 1 atom stereocenters. The monoisotopic (exact) mass is 398 g/mol. The van der Waals surface area contributed by atoms with E-state index in [1.54, 1.807) is 11.3 Å². The molecule has 4 rings (SSSR count). The van der Waals surface area contributed by atoms with E-state index in [0.717, 1.165) is 35.9 Å². The van der Waals surface area contributed by atoms with E-state index in [1.807, 2.05) is 38.1 Å². The second kappa shape index (κ2) is 7.86. The first-order chi connectivity index (χ1) is 13.1. The zero-order chi connectivity index (χ0) is 18.8. The molecule has 2 heterocycles. The van der Waals surface area contributed by atoms with Crippen LogP contribution in [0.5, 0.6) is 0 Å². The van der Waals surface area contributed by atoms with Crippen LogP contribution < -0.4 is 5.32 Å². The highest BCUT2D eigenvalue weighted by molar-refractivity contribution is 8.00. The molecule has 3 aromatic rings. The maximum Gasteiger partial charge on any atom is 0.237 e. The molecule has 1 saturated carbocycles. The normalized spacial score (nSPS) is 14.9. The first-order valence-corrected chi connectivity index (χ1v) is 10.9. The van der Waals surface area contributed by atoms with E-state index in [4.69, 9.17) is 0 Å². The molecule has 1 aliphatic carbocycles. The maximum atomic E-state index is 12.6. The number of rotatable bonds is 7. The molecule has 0 radical (unpaired) electrons. The highest BCUT2D eigenvalue weighted by atomic mass is 32.2. The van der Waals surface area contributed by atoms with E-state index in [9.17, 15) is 4.79 Å². The summed E-state index contributed by atoms with van der Waals surface area (Å²) in [6.07, 6.45) is 3.12. The SMILES string of the molecule is Cc1ccc(NC(=O)[C@@H](C)Sc2nnc(Cc3cccs3)n2C2CC2)cc1. The van der Waals surface area contributed by atoms with Crippen LogP contribution in [0.2, 0.25) is 0 Å². The molecule has 1 fully saturated rings. The largest absolute Gasteiger partial charge is 0.325 e. The van der Waals surface area contributed by atoms with Crippen molar-refractivity contribution in [2.24, 2.45) is 0 Å². The number of thioether (sulfide) groups is 1. The van der Waals surface area contributed by atoms with Crippen LogP contribution in [0.15, 0.2) is 46.9 Å². The zero-order valence-corrected chi connectivity index (χ0v) is 17.0. The third-order valence-corrected chi connectivity index (χ3v) is 6.46. The van der Waals surface area contributed by atoms with Gasteiger partial charge in [-0.1, -0.05) is 35.5 Å². The van der Waals surface area contributed by atoms with Gasteiger partial charge in [-0.05, 0) is 50.3 Å². The Balaban J connectivity index is 1.46. The minimum absolute atomic E-state index is 0.0194. The van der Waals surface area contributed by atoms with Crippen molar-refractivity contribution >= 4 is 34.7 Å². The van der Waals surface area contributed by atoms with E-state index in [2.05, 4.69) is 37.6 Å². The van der Waals surface area contributed by atoms with Crippen LogP contribution in [0.3, 0.4) is 0 Å². The Morgan fingerprint density at radius 2 is 2.07 bits per heavy atom. The van der Waals surface area contributed by atoms with Crippen LogP contribution >= 0.6 is 23.1 Å². The van der Waals surface area contributed by atoms with Crippen LogP contribution in [-0.2, 0) is 11.2 Å². The lowest BCUT2D eigenvalue weighted by molar-refractivity contribution is -0.115. The predicted octanol–water partition coefficient (Wildman–Crippen LogP) is 4.69. The summed E-state index contributed by atoms with van der Waals surface area (Å²) in [6.45, 7) is 3.95. The number of hydrogen-bond donors (Lipinski definition) is 1. The summed E-state index contributed by atoms with van der Waals surface area (Å²) in [5, 5.41) is 14.5. The third-order valence-electron chi connectivity index (χ3n) is 4.53. The van der Waals surface area contributed by atoms with Gasteiger partial charge in [0.2, 0.25) is 5.91 Å². The number of benzene rings is 1. The molecule has 140 valence electrons. The van der Waals surface area contributed by atoms with Gasteiger partial charge >= 0.3 is 0 Å². The van der Waals surface area contributed by atoms with Crippen molar-refractivity contribution < 1.29 is 4.79 Å². The number of carbonyl (C=O) groups excluding carboxylic acids is 1. The van der Waals surface area contributed by atoms with Gasteiger partial charge in [0.25, 0.3) is 0 Å². The van der Waals surface area contributed by atoms with Gasteiger partial charge in [-0.15, -0.1) is 21.5 Å². The Labute approximate surface area is 167 Å². The molecule has 7 heteroatoms. The first kappa shape index (κ1) is 18.3. The molecular weight excluding hydrogens is 376 g/mol. The number of hydrogen-bond acceptors (Lipinski definition) is 5. The molecule has 1 amide bonds. The quantitative estimate of drug-likeness (QED) is 0.587. The smallest absolute Gasteiger partial charge is 0.237 e. The molecule has 0 spiro atoms. The van der Waals surface area contributed by atoms with Crippen LogP contribution in [0.1, 0.15) is 42.1 Å². The van der Waals surface area contributed by atoms with Crippen molar-refractivity contribution in [1.29, 1.82) is 0 Å². The summed E-state index contributed by atoms with van der Waals surface area (Å²) >= 11 is 3.22. The Morgan fingerprint density at radius 1 is 1.30 bits per heavy atom. The van der Waals surface area contributed by atoms with Crippen LogP contribution in [0.4, 0.5) is 5.69 Å². The lowest BCUT2D eigenvalue weighted by Gasteiger charge is -2.13. The summed E-state index contributed by atoms with van der Waals surface area (Å²) in [6, 6.07) is 12.5. The summed E-state index contributed by atoms with van der Waals surface area (Å²) in [4.78, 5) is 13.9. The van der Waals surface area contributed by atoms with Crippen molar-refractivity contribution in [2.45, 2.75) is 49.6 Å². The van der Waals surface area contributed by atoms with Gasteiger partial charge in [-0.25, -0.2) is 0 Å². The molecule has 27 heavy (non-hydrogen) atoms. The summed E-state index contributed by atoms with van der Waals surface area (Å²) < 4.78 is 2.24. The second-order valence-electron chi connectivity index (χ2n) is 6.87. The molecular formula is C20H22N4OS2. The van der Waals surface area contributed by atoms with Gasteiger partial charge in [-0.3, -0.25) is 4.79 Å². The Bertz CT molecular complexity index is 914. The summed E-state index contributed by atoms with van der Waals surface area (Å²) in [5.74, 6) is 0.975. The standard InChI is InChI=1S/C20H22N4OS2/c1-13-5-7-15(8-6-13)21-19(25)14(2)27-20-23-22-18(24(20)16-9-10-16)12-17-4-3-11-26-17/h3-8,11,14,16H,9-10,12H2,1-2H3,(H,21,25)/t14-/m1/s1. The number of thiophene rings is 1. The average molecular weight is 399 g/mol. The van der Waals surface area contributed by atoms with Crippen molar-refractivity contribution in [1.82, 2.24) is 14.8 Å². The fraction of sp³-hybridized carbons (Fsp3) is 0.350. The van der Waals surface area contributed by atoms with E-state index < -0.39 is 0 Å². The fourth-order valence-corrected chi connectivity index (χ4v) is 4.51. The summed E-state index contributed by atoms with van der Waals surface area (Å²) in [5.41, 5.74) is 1.99. The van der Waals surface area contributed by atoms with Crippen LogP contribution in [-0.4, -0.2) is 25.9 Å². The Kier molecular flexibility index (Phi) is 5.31. The first-order valence-electron chi connectivity index (χ1n) is 9.10. The number of aryl methyl sites for hydroxylation is 1. The van der Waals surface area contributed by atoms with Gasteiger partial charge < -0.3 is 9.88 Å². The van der Waals surface area contributed by atoms with Gasteiger partial charge in [0.1, 0.15) is 5.82 Å². The fourth-order valence-electron chi connectivity index (χ4n) is 2.87. The highest BCUT2D eigenvalue weighted by Gasteiger charge is 2.31. The lowest BCUT2D eigenvalue weighted by Crippen LogP contribution is -2.23. The number of amides is 1. The molecule has 0 saturated heterocycles. The molecule has 2 aromatic heterocycles. The van der Waals surface area contributed by atoms with E-state index in [0.29, 0.717) is 6.04 Å². The van der Waals surface area contributed by atoms with Gasteiger partial charge in [0.05, 0.1) is 5.25 Å². The van der Waals surface area contributed by atoms with Crippen LogP contribution in [0, 0.1) is 6.92 Å². The Morgan fingerprint density at radius 3 is 2.74 bits per heavy atom. The Hall–Kier alpha value is -2.12. The molecule has 0 aliphatic heterocycles. The zero-order valence-electron chi connectivity index (χ0n) is 15.4. The topological polar surface area (TPSA) is 59.8 Å². The number of nitrogens with one attached hydrogen (secondary N) is 1. The van der Waals surface area contributed by atoms with Gasteiger partial charge in [-0.2, -0.15) is 0 Å². The number of nitrogens with zero attached hydrogens (tertiary/aromatic N) is 3. The minimum atomic E-state index is -0.248. The average Bonchev–Trinajstić information content (AvgIpc) is 3.21. The molecule has 1 aliphatic rings. The number of aromatic nitrogens is 3. The molecule has 0 unspecified atom stereocenters. The number of anilines is 1. The van der Waals surface area contributed by atoms with E-state index in [1.165, 1.54) is 22.2 Å². The second-order valence-corrected chi connectivity index (χ2v) is 9.21. The highest BCUT2D eigenvalue weighted by Crippen LogP contribution is 2.40. The molecule has 0 bridgehead atoms. The third kappa shape index (κ3) is 4.42. The van der Waals surface area contributed by atoms with E-state index >= 15 is 0 Å². The van der Waals surface area contributed by atoms with Crippen molar-refractivity contribution in [3.63, 3.8) is 0 Å². The van der Waals surface area contributed by atoms with E-state index in [-0.39, 0.29) is 11.2 Å². The van der Waals surface area contributed by atoms with Crippen molar-refractivity contribution in [2.75, 3.05) is 5.32 Å². The summed E-state index contributed by atoms with van der Waals surface area (Å²) in [7, 11) is 0. The number of carbonyl (C=O) groups is 1. The van der Waals surface area contributed by atoms with Gasteiger partial charge in [0.15, 0.2) is 5.16 Å². The van der Waals surface area contributed by atoms with Crippen LogP contribution in [0.25, 0.3) is 0 Å². The maximum absolute atomic E-state index is 12.6. The van der Waals surface area contributed by atoms with Crippen molar-refractivity contribution in [3.8, 4) is 0 Å². The minimum Gasteiger partial charge on any atom is -0.325 e. The molecule has 1 N–H and O–H groups in total. The van der Waals surface area contributed by atoms with Crippen molar-refractivity contribution in [3.05, 3.63) is 58.0 Å². The molecule has 5 nitrogen and oxygen atoms in total. The predicted molar refractivity (Wildman–Crippen MR) is 111 cm³/mol. The van der Waals surface area contributed by atoms with Gasteiger partial charge in [0, 0.05) is 23.0 Å².